The second-order valence-corrected chi connectivity index (χ2v) is 6.82. The Morgan fingerprint density at radius 3 is 2.64 bits per heavy atom. The Labute approximate surface area is 136 Å². The summed E-state index contributed by atoms with van der Waals surface area (Å²) in [6.45, 7) is 0.998. The topological polar surface area (TPSA) is 69.2 Å². The molecule has 2 aliphatic rings. The number of amides is 1. The van der Waals surface area contributed by atoms with Crippen molar-refractivity contribution in [2.75, 3.05) is 20.8 Å². The van der Waals surface area contributed by atoms with Gasteiger partial charge in [0, 0.05) is 13.5 Å². The van der Waals surface area contributed by atoms with Gasteiger partial charge < -0.3 is 19.5 Å². The Bertz CT molecular complexity index is 386. The van der Waals surface area contributed by atoms with Crippen molar-refractivity contribution in [2.24, 2.45) is 4.99 Å². The minimum absolute atomic E-state index is 0.0539. The lowest BCUT2D eigenvalue weighted by molar-refractivity contribution is 0.0182. The number of carbonyl (C=O) groups excluding carboxylic acids is 1. The van der Waals surface area contributed by atoms with Crippen LogP contribution in [0.4, 0.5) is 4.79 Å². The van der Waals surface area contributed by atoms with Gasteiger partial charge >= 0.3 is 6.09 Å². The maximum atomic E-state index is 11.5. The molecule has 1 saturated carbocycles. The quantitative estimate of drug-likeness (QED) is 0.634. The molecule has 7 heteroatoms. The maximum absolute atomic E-state index is 11.5. The van der Waals surface area contributed by atoms with Crippen molar-refractivity contribution in [1.29, 1.82) is 0 Å². The third-order valence-electron chi connectivity index (χ3n) is 4.04. The van der Waals surface area contributed by atoms with Crippen LogP contribution >= 0.6 is 11.8 Å². The van der Waals surface area contributed by atoms with Gasteiger partial charge in [-0.1, -0.05) is 0 Å². The number of ether oxygens (including phenoxy) is 3. The molecule has 1 saturated heterocycles. The van der Waals surface area contributed by atoms with Gasteiger partial charge in [-0.3, -0.25) is 0 Å². The number of methoxy groups -OCH3 is 2. The Morgan fingerprint density at radius 2 is 1.95 bits per heavy atom. The molecule has 0 aromatic carbocycles. The van der Waals surface area contributed by atoms with Crippen LogP contribution in [0.3, 0.4) is 0 Å². The lowest BCUT2D eigenvalue weighted by Gasteiger charge is -2.30. The minimum Gasteiger partial charge on any atom is -0.469 e. The average molecular weight is 330 g/mol. The number of hydrogen-bond donors (Lipinski definition) is 1. The van der Waals surface area contributed by atoms with Crippen molar-refractivity contribution in [1.82, 2.24) is 5.32 Å². The van der Waals surface area contributed by atoms with Gasteiger partial charge in [-0.15, -0.1) is 4.99 Å². The molecule has 1 heterocycles. The number of hydrogen-bond acceptors (Lipinski definition) is 6. The molecule has 1 aliphatic carbocycles. The molecule has 3 unspecified atom stereocenters. The molecule has 0 radical (unpaired) electrons. The molecule has 0 aromatic heterocycles. The number of aliphatic imine (C=N–C) groups is 1. The van der Waals surface area contributed by atoms with E-state index in [1.54, 1.807) is 7.11 Å². The van der Waals surface area contributed by atoms with Crippen LogP contribution in [0.1, 0.15) is 44.9 Å². The summed E-state index contributed by atoms with van der Waals surface area (Å²) in [7, 11) is 3.06. The first-order chi connectivity index (χ1) is 10.7. The molecule has 1 N–H and O–H groups in total. The number of rotatable bonds is 3. The van der Waals surface area contributed by atoms with Crippen LogP contribution in [0.2, 0.25) is 0 Å². The third-order valence-corrected chi connectivity index (χ3v) is 5.12. The van der Waals surface area contributed by atoms with E-state index in [0.29, 0.717) is 5.23 Å². The van der Waals surface area contributed by atoms with Crippen molar-refractivity contribution >= 4 is 23.1 Å². The first kappa shape index (κ1) is 17.6. The summed E-state index contributed by atoms with van der Waals surface area (Å²) >= 11 is 1.49. The fraction of sp³-hybridized carbons (Fsp3) is 0.867. The third kappa shape index (κ3) is 5.78. The zero-order valence-corrected chi connectivity index (χ0v) is 14.2. The molecule has 22 heavy (non-hydrogen) atoms. The number of piperidine rings is 1. The predicted molar refractivity (Wildman–Crippen MR) is 87.2 cm³/mol. The Hall–Kier alpha value is -0.790. The van der Waals surface area contributed by atoms with Gasteiger partial charge in [0.25, 0.3) is 5.23 Å². The second kappa shape index (κ2) is 9.37. The van der Waals surface area contributed by atoms with E-state index in [-0.39, 0.29) is 17.6 Å². The van der Waals surface area contributed by atoms with Crippen LogP contribution in [-0.2, 0) is 14.2 Å². The van der Waals surface area contributed by atoms with E-state index < -0.39 is 6.09 Å². The summed E-state index contributed by atoms with van der Waals surface area (Å²) in [4.78, 5) is 15.4. The van der Waals surface area contributed by atoms with Crippen molar-refractivity contribution in [2.45, 2.75) is 62.5 Å². The number of thioether (sulfide) groups is 1. The van der Waals surface area contributed by atoms with Crippen molar-refractivity contribution in [3.05, 3.63) is 0 Å². The van der Waals surface area contributed by atoms with Gasteiger partial charge in [0.15, 0.2) is 0 Å². The molecular weight excluding hydrogens is 304 g/mol. The normalized spacial score (nSPS) is 29.9. The summed E-state index contributed by atoms with van der Waals surface area (Å²) in [5.41, 5.74) is 0. The van der Waals surface area contributed by atoms with Gasteiger partial charge in [0.1, 0.15) is 6.10 Å². The molecule has 126 valence electrons. The molecular formula is C15H26N2O4S. The summed E-state index contributed by atoms with van der Waals surface area (Å²) in [6, 6.07) is 0. The molecule has 2 fully saturated rings. The number of carbonyl (C=O) groups is 1. The second-order valence-electron chi connectivity index (χ2n) is 5.67. The highest BCUT2D eigenvalue weighted by molar-refractivity contribution is 8.14. The van der Waals surface area contributed by atoms with Crippen LogP contribution in [0.15, 0.2) is 4.99 Å². The van der Waals surface area contributed by atoms with Crippen molar-refractivity contribution in [3.63, 3.8) is 0 Å². The van der Waals surface area contributed by atoms with Crippen LogP contribution in [-0.4, -0.2) is 49.7 Å². The first-order valence-electron chi connectivity index (χ1n) is 7.97. The SMILES string of the molecule is COC(=O)N=C(OC1CCCC(OC)C1)SC1CCCCN1. The highest BCUT2D eigenvalue weighted by Crippen LogP contribution is 2.27. The Balaban J connectivity index is 1.94. The van der Waals surface area contributed by atoms with Gasteiger partial charge in [0.2, 0.25) is 0 Å². The van der Waals surface area contributed by atoms with Gasteiger partial charge in [0.05, 0.1) is 18.6 Å². The minimum atomic E-state index is -0.614. The molecule has 2 rings (SSSR count). The van der Waals surface area contributed by atoms with E-state index in [1.165, 1.54) is 31.7 Å². The first-order valence-corrected chi connectivity index (χ1v) is 8.85. The maximum Gasteiger partial charge on any atom is 0.437 e. The molecule has 0 bridgehead atoms. The van der Waals surface area contributed by atoms with E-state index in [2.05, 4.69) is 15.0 Å². The van der Waals surface area contributed by atoms with Crippen molar-refractivity contribution in [3.8, 4) is 0 Å². The van der Waals surface area contributed by atoms with E-state index >= 15 is 0 Å². The fourth-order valence-corrected chi connectivity index (χ4v) is 3.86. The highest BCUT2D eigenvalue weighted by atomic mass is 32.2. The molecule has 6 nitrogen and oxygen atoms in total. The number of nitrogens with zero attached hydrogens (tertiary/aromatic N) is 1. The monoisotopic (exact) mass is 330 g/mol. The zero-order chi connectivity index (χ0) is 15.8. The van der Waals surface area contributed by atoms with E-state index in [0.717, 1.165) is 38.6 Å². The lowest BCUT2D eigenvalue weighted by Crippen LogP contribution is -2.34. The smallest absolute Gasteiger partial charge is 0.437 e. The van der Waals surface area contributed by atoms with Crippen LogP contribution in [0.5, 0.6) is 0 Å². The largest absolute Gasteiger partial charge is 0.469 e. The van der Waals surface area contributed by atoms with Crippen molar-refractivity contribution < 1.29 is 19.0 Å². The summed E-state index contributed by atoms with van der Waals surface area (Å²) < 4.78 is 16.1. The molecule has 1 amide bonds. The van der Waals surface area contributed by atoms with Crippen LogP contribution in [0.25, 0.3) is 0 Å². The van der Waals surface area contributed by atoms with Gasteiger partial charge in [-0.2, -0.15) is 0 Å². The average Bonchev–Trinajstić information content (AvgIpc) is 2.55. The Kier molecular flexibility index (Phi) is 7.48. The van der Waals surface area contributed by atoms with Gasteiger partial charge in [-0.25, -0.2) is 4.79 Å². The molecule has 1 aliphatic heterocycles. The standard InChI is InChI=1S/C15H26N2O4S/c1-19-11-6-5-7-12(10-11)21-15(17-14(18)20-2)22-13-8-3-4-9-16-13/h11-13,16H,3-10H2,1-2H3. The van der Waals surface area contributed by atoms with Crippen LogP contribution < -0.4 is 5.32 Å². The van der Waals surface area contributed by atoms with E-state index in [9.17, 15) is 4.79 Å². The molecule has 0 spiro atoms. The van der Waals surface area contributed by atoms with E-state index in [1.807, 2.05) is 0 Å². The summed E-state index contributed by atoms with van der Waals surface area (Å²) in [6.07, 6.45) is 7.06. The summed E-state index contributed by atoms with van der Waals surface area (Å²) in [5.74, 6) is 0. The Morgan fingerprint density at radius 1 is 1.14 bits per heavy atom. The zero-order valence-electron chi connectivity index (χ0n) is 13.4. The van der Waals surface area contributed by atoms with Gasteiger partial charge in [-0.05, 0) is 56.8 Å². The van der Waals surface area contributed by atoms with E-state index in [4.69, 9.17) is 9.47 Å². The molecule has 0 aromatic rings. The summed E-state index contributed by atoms with van der Waals surface area (Å²) in [5, 5.41) is 4.08. The molecule has 3 atom stereocenters. The highest BCUT2D eigenvalue weighted by Gasteiger charge is 2.26. The lowest BCUT2D eigenvalue weighted by atomic mass is 9.95. The predicted octanol–water partition coefficient (Wildman–Crippen LogP) is 2.92. The van der Waals surface area contributed by atoms with Crippen LogP contribution in [0, 0.1) is 0 Å². The number of nitrogens with one attached hydrogen (secondary N) is 1. The fourth-order valence-electron chi connectivity index (χ4n) is 2.81.